The molecular weight excluding hydrogens is 347 g/mol. The van der Waals surface area contributed by atoms with Gasteiger partial charge in [-0.05, 0) is 30.7 Å². The van der Waals surface area contributed by atoms with E-state index in [1.807, 2.05) is 0 Å². The zero-order valence-electron chi connectivity index (χ0n) is 14.2. The lowest BCUT2D eigenvalue weighted by atomic mass is 10.1. The van der Waals surface area contributed by atoms with Crippen molar-refractivity contribution in [3.8, 4) is 5.75 Å². The molecule has 0 aromatic heterocycles. The first-order valence-electron chi connectivity index (χ1n) is 8.04. The van der Waals surface area contributed by atoms with Gasteiger partial charge in [-0.15, -0.1) is 0 Å². The van der Waals surface area contributed by atoms with Crippen LogP contribution in [-0.2, 0) is 12.7 Å². The summed E-state index contributed by atoms with van der Waals surface area (Å²) in [5.41, 5.74) is 0.285. The summed E-state index contributed by atoms with van der Waals surface area (Å²) < 4.78 is 43.4. The third kappa shape index (κ3) is 6.16. The van der Waals surface area contributed by atoms with Gasteiger partial charge in [0, 0.05) is 18.7 Å². The summed E-state index contributed by atoms with van der Waals surface area (Å²) in [6, 6.07) is 11.6. The van der Waals surface area contributed by atoms with Gasteiger partial charge in [0.15, 0.2) is 5.78 Å². The van der Waals surface area contributed by atoms with Crippen molar-refractivity contribution in [2.45, 2.75) is 25.7 Å². The molecule has 4 nitrogen and oxygen atoms in total. The monoisotopic (exact) mass is 367 g/mol. The Morgan fingerprint density at radius 1 is 1.19 bits per heavy atom. The normalized spacial score (nSPS) is 12.7. The van der Waals surface area contributed by atoms with Crippen LogP contribution in [0.3, 0.4) is 0 Å². The van der Waals surface area contributed by atoms with Gasteiger partial charge in [-0.25, -0.2) is 0 Å². The van der Waals surface area contributed by atoms with Crippen LogP contribution in [0.1, 0.15) is 28.4 Å². The molecule has 140 valence electrons. The van der Waals surface area contributed by atoms with Crippen LogP contribution in [0, 0.1) is 0 Å². The number of rotatable bonds is 8. The Balaban J connectivity index is 1.78. The summed E-state index contributed by atoms with van der Waals surface area (Å²) >= 11 is 0. The number of halogens is 3. The number of aliphatic hydroxyl groups is 1. The van der Waals surface area contributed by atoms with Gasteiger partial charge in [-0.3, -0.25) is 4.79 Å². The Bertz CT molecular complexity index is 747. The first-order valence-corrected chi connectivity index (χ1v) is 8.04. The highest BCUT2D eigenvalue weighted by Gasteiger charge is 2.30. The molecule has 0 heterocycles. The molecule has 2 N–H and O–H groups in total. The van der Waals surface area contributed by atoms with Gasteiger partial charge >= 0.3 is 6.18 Å². The van der Waals surface area contributed by atoms with Crippen LogP contribution >= 0.6 is 0 Å². The predicted octanol–water partition coefficient (Wildman–Crippen LogP) is 3.44. The van der Waals surface area contributed by atoms with Crippen LogP contribution in [0.5, 0.6) is 5.75 Å². The fourth-order valence-electron chi connectivity index (χ4n) is 2.30. The molecule has 2 rings (SSSR count). The molecule has 7 heteroatoms. The quantitative estimate of drug-likeness (QED) is 0.702. The number of aliphatic hydroxyl groups excluding tert-OH is 1. The molecule has 0 radical (unpaired) electrons. The van der Waals surface area contributed by atoms with Gasteiger partial charge < -0.3 is 15.2 Å². The maximum absolute atomic E-state index is 12.7. The maximum atomic E-state index is 12.7. The van der Waals surface area contributed by atoms with Crippen LogP contribution in [0.15, 0.2) is 48.5 Å². The van der Waals surface area contributed by atoms with Crippen molar-refractivity contribution in [2.24, 2.45) is 0 Å². The average Bonchev–Trinajstić information content (AvgIpc) is 2.60. The highest BCUT2D eigenvalue weighted by Crippen LogP contribution is 2.29. The molecule has 0 saturated carbocycles. The van der Waals surface area contributed by atoms with E-state index in [1.165, 1.54) is 13.0 Å². The van der Waals surface area contributed by atoms with Crippen LogP contribution in [0.4, 0.5) is 13.2 Å². The smallest absolute Gasteiger partial charge is 0.416 e. The second-order valence-corrected chi connectivity index (χ2v) is 5.88. The summed E-state index contributed by atoms with van der Waals surface area (Å²) in [6.45, 7) is 1.80. The van der Waals surface area contributed by atoms with Gasteiger partial charge in [0.1, 0.15) is 18.5 Å². The molecule has 0 bridgehead atoms. The second kappa shape index (κ2) is 8.82. The van der Waals surface area contributed by atoms with Crippen molar-refractivity contribution in [2.75, 3.05) is 13.2 Å². The Morgan fingerprint density at radius 3 is 2.62 bits per heavy atom. The Hall–Kier alpha value is -2.38. The van der Waals surface area contributed by atoms with Gasteiger partial charge in [-0.1, -0.05) is 30.3 Å². The molecule has 0 amide bonds. The number of hydrogen-bond donors (Lipinski definition) is 2. The lowest BCUT2D eigenvalue weighted by Crippen LogP contribution is -2.31. The lowest BCUT2D eigenvalue weighted by Gasteiger charge is -2.14. The van der Waals surface area contributed by atoms with E-state index in [4.69, 9.17) is 4.74 Å². The number of hydrogen-bond acceptors (Lipinski definition) is 4. The van der Waals surface area contributed by atoms with Crippen LogP contribution in [0.2, 0.25) is 0 Å². The number of Topliss-reactive ketones (excluding diaryl/α,β-unsaturated/α-hetero) is 1. The first kappa shape index (κ1) is 19.9. The van der Waals surface area contributed by atoms with Crippen LogP contribution in [-0.4, -0.2) is 30.1 Å². The topological polar surface area (TPSA) is 58.6 Å². The molecule has 1 atom stereocenters. The molecule has 0 fully saturated rings. The first-order chi connectivity index (χ1) is 12.3. The Morgan fingerprint density at radius 2 is 1.92 bits per heavy atom. The fourth-order valence-corrected chi connectivity index (χ4v) is 2.30. The number of ether oxygens (including phenoxy) is 1. The number of benzene rings is 2. The molecule has 0 unspecified atom stereocenters. The lowest BCUT2D eigenvalue weighted by molar-refractivity contribution is -0.137. The third-order valence-corrected chi connectivity index (χ3v) is 3.65. The molecule has 2 aromatic carbocycles. The van der Waals surface area contributed by atoms with E-state index in [0.717, 1.165) is 12.1 Å². The number of nitrogens with one attached hydrogen (secondary N) is 1. The SMILES string of the molecule is CC(=O)c1cccc(OC[C@H](O)CNCc2cccc(C(F)(F)F)c2)c1. The van der Waals surface area contributed by atoms with Crippen molar-refractivity contribution in [3.63, 3.8) is 0 Å². The van der Waals surface area contributed by atoms with Crippen molar-refractivity contribution in [1.29, 1.82) is 0 Å². The second-order valence-electron chi connectivity index (χ2n) is 5.88. The van der Waals surface area contributed by atoms with E-state index >= 15 is 0 Å². The minimum atomic E-state index is -4.38. The maximum Gasteiger partial charge on any atom is 0.416 e. The minimum absolute atomic E-state index is 0.00303. The molecule has 0 aliphatic carbocycles. The molecule has 0 aliphatic rings. The Kier molecular flexibility index (Phi) is 6.76. The summed E-state index contributed by atoms with van der Waals surface area (Å²) in [4.78, 5) is 11.3. The fraction of sp³-hybridized carbons (Fsp3) is 0.316. The van der Waals surface area contributed by atoms with Crippen molar-refractivity contribution >= 4 is 5.78 Å². The molecule has 26 heavy (non-hydrogen) atoms. The molecule has 2 aromatic rings. The average molecular weight is 367 g/mol. The van der Waals surface area contributed by atoms with E-state index in [1.54, 1.807) is 30.3 Å². The van der Waals surface area contributed by atoms with E-state index in [2.05, 4.69) is 5.32 Å². The summed E-state index contributed by atoms with van der Waals surface area (Å²) in [5.74, 6) is 0.383. The summed E-state index contributed by atoms with van der Waals surface area (Å²) in [7, 11) is 0. The van der Waals surface area contributed by atoms with E-state index in [9.17, 15) is 23.1 Å². The van der Waals surface area contributed by atoms with Gasteiger partial charge in [0.2, 0.25) is 0 Å². The summed E-state index contributed by atoms with van der Waals surface area (Å²) in [5, 5.41) is 12.8. The Labute approximate surface area is 149 Å². The molecular formula is C19H20F3NO3. The van der Waals surface area contributed by atoms with Crippen LogP contribution < -0.4 is 10.1 Å². The third-order valence-electron chi connectivity index (χ3n) is 3.65. The number of alkyl halides is 3. The summed E-state index contributed by atoms with van der Waals surface area (Å²) in [6.07, 6.45) is -5.22. The zero-order valence-corrected chi connectivity index (χ0v) is 14.2. The number of carbonyl (C=O) groups is 1. The molecule has 0 aliphatic heterocycles. The van der Waals surface area contributed by atoms with Gasteiger partial charge in [0.05, 0.1) is 5.56 Å². The predicted molar refractivity (Wildman–Crippen MR) is 91.1 cm³/mol. The zero-order chi connectivity index (χ0) is 19.2. The van der Waals surface area contributed by atoms with E-state index in [0.29, 0.717) is 16.9 Å². The highest BCUT2D eigenvalue weighted by molar-refractivity contribution is 5.94. The largest absolute Gasteiger partial charge is 0.491 e. The minimum Gasteiger partial charge on any atom is -0.491 e. The molecule has 0 spiro atoms. The van der Waals surface area contributed by atoms with Crippen molar-refractivity contribution in [3.05, 3.63) is 65.2 Å². The van der Waals surface area contributed by atoms with Crippen molar-refractivity contribution in [1.82, 2.24) is 5.32 Å². The van der Waals surface area contributed by atoms with Gasteiger partial charge in [-0.2, -0.15) is 13.2 Å². The van der Waals surface area contributed by atoms with Gasteiger partial charge in [0.25, 0.3) is 0 Å². The molecule has 0 saturated heterocycles. The standard InChI is InChI=1S/C19H20F3NO3/c1-13(24)15-5-3-7-18(9-15)26-12-17(25)11-23-10-14-4-2-6-16(8-14)19(20,21)22/h2-9,17,23,25H,10-12H2,1H3/t17-/m1/s1. The van der Waals surface area contributed by atoms with Crippen molar-refractivity contribution < 1.29 is 27.8 Å². The highest BCUT2D eigenvalue weighted by atomic mass is 19.4. The van der Waals surface area contributed by atoms with Crippen LogP contribution in [0.25, 0.3) is 0 Å². The van der Waals surface area contributed by atoms with E-state index in [-0.39, 0.29) is 25.5 Å². The number of ketones is 1. The van der Waals surface area contributed by atoms with E-state index < -0.39 is 17.8 Å². The number of carbonyl (C=O) groups excluding carboxylic acids is 1.